The summed E-state index contributed by atoms with van der Waals surface area (Å²) in [4.78, 5) is 0. The lowest BCUT2D eigenvalue weighted by atomic mass is 9.69. The lowest BCUT2D eigenvalue weighted by molar-refractivity contribution is 0.168. The van der Waals surface area contributed by atoms with Crippen LogP contribution in [0.4, 0.5) is 0 Å². The minimum Gasteiger partial charge on any atom is -0.103 e. The van der Waals surface area contributed by atoms with Crippen LogP contribution < -0.4 is 0 Å². The fourth-order valence-electron chi connectivity index (χ4n) is 4.16. The minimum atomic E-state index is 0.720. The van der Waals surface area contributed by atoms with Crippen LogP contribution in [0.2, 0.25) is 0 Å². The Balaban J connectivity index is 1.71. The van der Waals surface area contributed by atoms with E-state index in [1.54, 1.807) is 0 Å². The van der Waals surface area contributed by atoms with E-state index in [4.69, 9.17) is 0 Å². The van der Waals surface area contributed by atoms with Crippen molar-refractivity contribution in [2.24, 2.45) is 23.7 Å². The van der Waals surface area contributed by atoms with Crippen LogP contribution in [0.5, 0.6) is 0 Å². The second-order valence-electron chi connectivity index (χ2n) is 6.88. The van der Waals surface area contributed by atoms with E-state index < -0.39 is 0 Å². The van der Waals surface area contributed by atoms with E-state index >= 15 is 0 Å². The number of rotatable bonds is 3. The van der Waals surface area contributed by atoms with Gasteiger partial charge in [-0.3, -0.25) is 0 Å². The van der Waals surface area contributed by atoms with Crippen molar-refractivity contribution in [3.8, 4) is 11.8 Å². The highest BCUT2D eigenvalue weighted by Gasteiger charge is 2.29. The molecule has 0 amide bonds. The van der Waals surface area contributed by atoms with Crippen LogP contribution in [0.1, 0.15) is 78.1 Å². The zero-order valence-electron chi connectivity index (χ0n) is 13.5. The Kier molecular flexibility index (Phi) is 6.71. The van der Waals surface area contributed by atoms with Gasteiger partial charge in [-0.1, -0.05) is 25.0 Å². The molecule has 0 aromatic heterocycles. The van der Waals surface area contributed by atoms with E-state index in [0.717, 1.165) is 30.1 Å². The normalized spacial score (nSPS) is 34.7. The van der Waals surface area contributed by atoms with Crippen LogP contribution in [0.15, 0.2) is 12.2 Å². The van der Waals surface area contributed by atoms with E-state index in [0.29, 0.717) is 0 Å². The molecule has 0 aliphatic heterocycles. The first-order valence-corrected chi connectivity index (χ1v) is 8.94. The first kappa shape index (κ1) is 15.7. The Hall–Kier alpha value is -0.700. The summed E-state index contributed by atoms with van der Waals surface area (Å²) in [6.45, 7) is 4.38. The summed E-state index contributed by atoms with van der Waals surface area (Å²) in [7, 11) is 0. The smallest absolute Gasteiger partial charge is 0.0203 e. The van der Waals surface area contributed by atoms with Crippen molar-refractivity contribution in [1.82, 2.24) is 0 Å². The SMILES string of the molecule is C/C=C/C1CCC(C2CCC(C#CCCC)CC2)CC1. The molecule has 112 valence electrons. The topological polar surface area (TPSA) is 0 Å². The first-order valence-electron chi connectivity index (χ1n) is 8.94. The second-order valence-corrected chi connectivity index (χ2v) is 6.88. The summed E-state index contributed by atoms with van der Waals surface area (Å²) in [6.07, 6.45) is 18.4. The largest absolute Gasteiger partial charge is 0.103 e. The molecule has 0 nitrogen and oxygen atoms in total. The Morgan fingerprint density at radius 2 is 1.50 bits per heavy atom. The zero-order chi connectivity index (χ0) is 14.2. The van der Waals surface area contributed by atoms with Crippen molar-refractivity contribution in [1.29, 1.82) is 0 Å². The molecule has 0 saturated heterocycles. The third-order valence-electron chi connectivity index (χ3n) is 5.40. The number of unbranched alkanes of at least 4 members (excludes halogenated alkanes) is 1. The van der Waals surface area contributed by atoms with Crippen LogP contribution in [-0.4, -0.2) is 0 Å². The van der Waals surface area contributed by atoms with Crippen LogP contribution >= 0.6 is 0 Å². The molecule has 0 atom stereocenters. The molecule has 0 spiro atoms. The molecule has 0 heteroatoms. The van der Waals surface area contributed by atoms with Crippen molar-refractivity contribution in [3.05, 3.63) is 12.2 Å². The van der Waals surface area contributed by atoms with Gasteiger partial charge in [-0.2, -0.15) is 0 Å². The molecule has 2 fully saturated rings. The summed E-state index contributed by atoms with van der Waals surface area (Å²) in [6, 6.07) is 0. The average Bonchev–Trinajstić information content (AvgIpc) is 2.49. The van der Waals surface area contributed by atoms with Gasteiger partial charge in [0, 0.05) is 12.3 Å². The van der Waals surface area contributed by atoms with Gasteiger partial charge >= 0.3 is 0 Å². The summed E-state index contributed by atoms with van der Waals surface area (Å²) >= 11 is 0. The second kappa shape index (κ2) is 8.56. The lowest BCUT2D eigenvalue weighted by Crippen LogP contribution is -2.25. The van der Waals surface area contributed by atoms with Crippen LogP contribution in [-0.2, 0) is 0 Å². The summed E-state index contributed by atoms with van der Waals surface area (Å²) in [5.74, 6) is 10.5. The molecular weight excluding hydrogens is 240 g/mol. The maximum atomic E-state index is 3.51. The summed E-state index contributed by atoms with van der Waals surface area (Å²) in [5, 5.41) is 0. The van der Waals surface area contributed by atoms with Gasteiger partial charge in [0.05, 0.1) is 0 Å². The average molecular weight is 272 g/mol. The van der Waals surface area contributed by atoms with Gasteiger partial charge in [0.15, 0.2) is 0 Å². The highest BCUT2D eigenvalue weighted by Crippen LogP contribution is 2.41. The third kappa shape index (κ3) is 4.69. The van der Waals surface area contributed by atoms with Gasteiger partial charge in [-0.05, 0) is 82.5 Å². The standard InChI is InChI=1S/C20H32/c1-3-5-6-8-18-11-15-20(16-12-18)19-13-9-17(7-4-2)10-14-19/h4,7,17-20H,3,5,9-16H2,1-2H3/b7-4+. The van der Waals surface area contributed by atoms with Gasteiger partial charge < -0.3 is 0 Å². The molecule has 2 rings (SSSR count). The highest BCUT2D eigenvalue weighted by molar-refractivity contribution is 5.05. The fraction of sp³-hybridized carbons (Fsp3) is 0.800. The third-order valence-corrected chi connectivity index (χ3v) is 5.40. The molecule has 0 radical (unpaired) electrons. The van der Waals surface area contributed by atoms with Crippen LogP contribution in [0, 0.1) is 35.5 Å². The molecule has 0 aromatic rings. The number of hydrogen-bond acceptors (Lipinski definition) is 0. The Morgan fingerprint density at radius 3 is 2.05 bits per heavy atom. The fourth-order valence-corrected chi connectivity index (χ4v) is 4.16. The number of allylic oxidation sites excluding steroid dienone is 2. The minimum absolute atomic E-state index is 0.720. The van der Waals surface area contributed by atoms with Crippen molar-refractivity contribution in [3.63, 3.8) is 0 Å². The van der Waals surface area contributed by atoms with Gasteiger partial charge in [0.1, 0.15) is 0 Å². The lowest BCUT2D eigenvalue weighted by Gasteiger charge is -2.36. The molecule has 0 heterocycles. The van der Waals surface area contributed by atoms with Gasteiger partial charge in [-0.15, -0.1) is 5.92 Å². The monoisotopic (exact) mass is 272 g/mol. The zero-order valence-corrected chi connectivity index (χ0v) is 13.5. The molecule has 2 aliphatic carbocycles. The first-order chi connectivity index (χ1) is 9.83. The molecule has 0 unspecified atom stereocenters. The predicted molar refractivity (Wildman–Crippen MR) is 88.4 cm³/mol. The van der Waals surface area contributed by atoms with Gasteiger partial charge in [0.25, 0.3) is 0 Å². The van der Waals surface area contributed by atoms with E-state index in [1.165, 1.54) is 57.8 Å². The Bertz CT molecular complexity index is 338. The molecule has 2 saturated carbocycles. The molecular formula is C20H32. The van der Waals surface area contributed by atoms with Crippen molar-refractivity contribution in [2.45, 2.75) is 78.1 Å². The van der Waals surface area contributed by atoms with Crippen molar-refractivity contribution in [2.75, 3.05) is 0 Å². The van der Waals surface area contributed by atoms with Crippen LogP contribution in [0.3, 0.4) is 0 Å². The Labute approximate surface area is 126 Å². The molecule has 0 bridgehead atoms. The Morgan fingerprint density at radius 1 is 0.900 bits per heavy atom. The summed E-state index contributed by atoms with van der Waals surface area (Å²) in [5.41, 5.74) is 0. The van der Waals surface area contributed by atoms with Crippen LogP contribution in [0.25, 0.3) is 0 Å². The van der Waals surface area contributed by atoms with E-state index in [1.807, 2.05) is 0 Å². The van der Waals surface area contributed by atoms with Crippen molar-refractivity contribution < 1.29 is 0 Å². The van der Waals surface area contributed by atoms with E-state index in [9.17, 15) is 0 Å². The maximum Gasteiger partial charge on any atom is 0.0203 e. The van der Waals surface area contributed by atoms with Gasteiger partial charge in [-0.25, -0.2) is 0 Å². The molecule has 20 heavy (non-hydrogen) atoms. The highest BCUT2D eigenvalue weighted by atomic mass is 14.3. The summed E-state index contributed by atoms with van der Waals surface area (Å²) < 4.78 is 0. The van der Waals surface area contributed by atoms with Crippen molar-refractivity contribution >= 4 is 0 Å². The van der Waals surface area contributed by atoms with Gasteiger partial charge in [0.2, 0.25) is 0 Å². The maximum absolute atomic E-state index is 3.51. The number of hydrogen-bond donors (Lipinski definition) is 0. The predicted octanol–water partition coefficient (Wildman–Crippen LogP) is 5.98. The van der Waals surface area contributed by atoms with E-state index in [-0.39, 0.29) is 0 Å². The molecule has 2 aliphatic rings. The molecule has 0 aromatic carbocycles. The quantitative estimate of drug-likeness (QED) is 0.438. The molecule has 0 N–H and O–H groups in total. The van der Waals surface area contributed by atoms with E-state index in [2.05, 4.69) is 37.8 Å².